The Hall–Kier alpha value is -1.97. The summed E-state index contributed by atoms with van der Waals surface area (Å²) in [5, 5.41) is 14.0. The molecule has 20 heavy (non-hydrogen) atoms. The zero-order chi connectivity index (χ0) is 14.5. The average molecular weight is 303 g/mol. The molecule has 0 spiro atoms. The monoisotopic (exact) mass is 303 g/mol. The first-order chi connectivity index (χ1) is 9.61. The van der Waals surface area contributed by atoms with E-state index in [9.17, 15) is 4.79 Å². The Morgan fingerprint density at radius 2 is 2.30 bits per heavy atom. The molecule has 2 aromatic rings. The lowest BCUT2D eigenvalue weighted by Crippen LogP contribution is -2.13. The zero-order valence-electron chi connectivity index (χ0n) is 10.8. The lowest BCUT2D eigenvalue weighted by atomic mass is 10.2. The van der Waals surface area contributed by atoms with Crippen LogP contribution in [-0.4, -0.2) is 11.7 Å². The highest BCUT2D eigenvalue weighted by molar-refractivity contribution is 8.00. The maximum absolute atomic E-state index is 11.9. The van der Waals surface area contributed by atoms with Crippen LogP contribution >= 0.6 is 23.1 Å². The van der Waals surface area contributed by atoms with E-state index in [1.54, 1.807) is 11.4 Å². The van der Waals surface area contributed by atoms with Gasteiger partial charge in [-0.15, -0.1) is 23.1 Å². The number of anilines is 2. The standard InChI is InChI=1S/C14H13N3OS2/c1-9-11(16)3-2-4-12(9)20-8-13(18)17-14-10(7-15)5-6-19-14/h2-6H,8,16H2,1H3,(H,17,18). The molecule has 6 heteroatoms. The summed E-state index contributed by atoms with van der Waals surface area (Å²) in [5.41, 5.74) is 8.03. The number of amides is 1. The van der Waals surface area contributed by atoms with Gasteiger partial charge in [0.05, 0.1) is 11.3 Å². The minimum Gasteiger partial charge on any atom is -0.398 e. The average Bonchev–Trinajstić information content (AvgIpc) is 2.87. The Balaban J connectivity index is 1.96. The number of nitrogens with zero attached hydrogens (tertiary/aromatic N) is 1. The number of nitrogens with two attached hydrogens (primary N) is 1. The Morgan fingerprint density at radius 1 is 1.50 bits per heavy atom. The van der Waals surface area contributed by atoms with Crippen LogP contribution in [0.5, 0.6) is 0 Å². The molecule has 1 aromatic carbocycles. The maximum atomic E-state index is 11.9. The number of hydrogen-bond acceptors (Lipinski definition) is 5. The van der Waals surface area contributed by atoms with Crippen molar-refractivity contribution >= 4 is 39.7 Å². The minimum atomic E-state index is -0.129. The molecule has 0 bridgehead atoms. The molecule has 1 heterocycles. The van der Waals surface area contributed by atoms with Crippen molar-refractivity contribution in [1.82, 2.24) is 0 Å². The van der Waals surface area contributed by atoms with Crippen molar-refractivity contribution in [2.45, 2.75) is 11.8 Å². The number of thiophene rings is 1. The molecule has 0 aliphatic rings. The van der Waals surface area contributed by atoms with Gasteiger partial charge in [-0.1, -0.05) is 6.07 Å². The van der Waals surface area contributed by atoms with E-state index in [4.69, 9.17) is 11.0 Å². The fourth-order valence-corrected chi connectivity index (χ4v) is 3.21. The largest absolute Gasteiger partial charge is 0.398 e. The summed E-state index contributed by atoms with van der Waals surface area (Å²) in [6.07, 6.45) is 0. The number of carbonyl (C=O) groups is 1. The second-order valence-corrected chi connectivity index (χ2v) is 6.02. The molecular weight excluding hydrogens is 290 g/mol. The Kier molecular flexibility index (Phi) is 4.66. The van der Waals surface area contributed by atoms with Crippen molar-refractivity contribution in [2.24, 2.45) is 0 Å². The first-order valence-corrected chi connectivity index (χ1v) is 7.73. The lowest BCUT2D eigenvalue weighted by molar-refractivity contribution is -0.113. The van der Waals surface area contributed by atoms with Crippen LogP contribution in [0.1, 0.15) is 11.1 Å². The predicted molar refractivity (Wildman–Crippen MR) is 84.0 cm³/mol. The van der Waals surface area contributed by atoms with Crippen LogP contribution in [0.25, 0.3) is 0 Å². The SMILES string of the molecule is Cc1c(N)cccc1SCC(=O)Nc1sccc1C#N. The normalized spacial score (nSPS) is 10.0. The van der Waals surface area contributed by atoms with Gasteiger partial charge in [-0.2, -0.15) is 5.26 Å². The van der Waals surface area contributed by atoms with E-state index in [1.165, 1.54) is 23.1 Å². The van der Waals surface area contributed by atoms with Crippen LogP contribution in [-0.2, 0) is 4.79 Å². The molecule has 0 radical (unpaired) electrons. The summed E-state index contributed by atoms with van der Waals surface area (Å²) in [6.45, 7) is 1.93. The predicted octanol–water partition coefficient (Wildman–Crippen LogP) is 3.24. The third kappa shape index (κ3) is 3.32. The molecule has 0 aliphatic carbocycles. The summed E-state index contributed by atoms with van der Waals surface area (Å²) in [6, 6.07) is 9.38. The fraction of sp³-hybridized carbons (Fsp3) is 0.143. The molecule has 102 valence electrons. The number of nitrogens with one attached hydrogen (secondary N) is 1. The van der Waals surface area contributed by atoms with Crippen molar-refractivity contribution in [2.75, 3.05) is 16.8 Å². The third-order valence-corrected chi connectivity index (χ3v) is 4.71. The number of benzene rings is 1. The molecular formula is C14H13N3OS2. The Labute approximate surface area is 125 Å². The molecule has 0 saturated heterocycles. The summed E-state index contributed by atoms with van der Waals surface area (Å²) in [5.74, 6) is 0.156. The zero-order valence-corrected chi connectivity index (χ0v) is 12.5. The van der Waals surface area contributed by atoms with Crippen molar-refractivity contribution < 1.29 is 4.79 Å². The molecule has 1 aromatic heterocycles. The molecule has 0 saturated carbocycles. The van der Waals surface area contributed by atoms with E-state index < -0.39 is 0 Å². The van der Waals surface area contributed by atoms with Crippen LogP contribution in [0, 0.1) is 18.3 Å². The molecule has 1 amide bonds. The second-order valence-electron chi connectivity index (χ2n) is 4.08. The highest BCUT2D eigenvalue weighted by Crippen LogP contribution is 2.27. The van der Waals surface area contributed by atoms with Crippen LogP contribution in [0.3, 0.4) is 0 Å². The van der Waals surface area contributed by atoms with Gasteiger partial charge in [0.2, 0.25) is 5.91 Å². The smallest absolute Gasteiger partial charge is 0.235 e. The molecule has 0 unspecified atom stereocenters. The van der Waals surface area contributed by atoms with Crippen LogP contribution < -0.4 is 11.1 Å². The number of nitriles is 1. The lowest BCUT2D eigenvalue weighted by Gasteiger charge is -2.08. The van der Waals surface area contributed by atoms with Crippen LogP contribution in [0.4, 0.5) is 10.7 Å². The van der Waals surface area contributed by atoms with Gasteiger partial charge in [0.15, 0.2) is 0 Å². The quantitative estimate of drug-likeness (QED) is 0.671. The Bertz CT molecular complexity index is 673. The van der Waals surface area contributed by atoms with Gasteiger partial charge in [-0.3, -0.25) is 4.79 Å². The summed E-state index contributed by atoms with van der Waals surface area (Å²) in [7, 11) is 0. The van der Waals surface area contributed by atoms with Crippen molar-refractivity contribution in [3.8, 4) is 6.07 Å². The van der Waals surface area contributed by atoms with E-state index in [1.807, 2.05) is 31.2 Å². The van der Waals surface area contributed by atoms with Gasteiger partial charge in [0, 0.05) is 10.6 Å². The van der Waals surface area contributed by atoms with Gasteiger partial charge < -0.3 is 11.1 Å². The molecule has 3 N–H and O–H groups in total. The fourth-order valence-electron chi connectivity index (χ4n) is 1.59. The van der Waals surface area contributed by atoms with Crippen LogP contribution in [0.2, 0.25) is 0 Å². The third-order valence-electron chi connectivity index (χ3n) is 2.72. The van der Waals surface area contributed by atoms with Gasteiger partial charge in [0.1, 0.15) is 11.1 Å². The van der Waals surface area contributed by atoms with Gasteiger partial charge in [-0.25, -0.2) is 0 Å². The number of nitrogen functional groups attached to an aromatic ring is 1. The first-order valence-electron chi connectivity index (χ1n) is 5.87. The van der Waals surface area contributed by atoms with E-state index in [0.29, 0.717) is 10.6 Å². The molecule has 0 atom stereocenters. The minimum absolute atomic E-state index is 0.129. The van der Waals surface area contributed by atoms with Gasteiger partial charge in [-0.05, 0) is 36.1 Å². The van der Waals surface area contributed by atoms with E-state index >= 15 is 0 Å². The molecule has 0 fully saturated rings. The second kappa shape index (κ2) is 6.46. The molecule has 2 rings (SSSR count). The van der Waals surface area contributed by atoms with Crippen LogP contribution in [0.15, 0.2) is 34.5 Å². The number of rotatable bonds is 4. The topological polar surface area (TPSA) is 78.9 Å². The summed E-state index contributed by atoms with van der Waals surface area (Å²) in [4.78, 5) is 12.9. The molecule has 4 nitrogen and oxygen atoms in total. The van der Waals surface area contributed by atoms with Crippen molar-refractivity contribution in [1.29, 1.82) is 5.26 Å². The highest BCUT2D eigenvalue weighted by Gasteiger charge is 2.10. The first kappa shape index (κ1) is 14.4. The summed E-state index contributed by atoms with van der Waals surface area (Å²) < 4.78 is 0. The van der Waals surface area contributed by atoms with Gasteiger partial charge >= 0.3 is 0 Å². The number of carbonyl (C=O) groups excluding carboxylic acids is 1. The van der Waals surface area contributed by atoms with Gasteiger partial charge in [0.25, 0.3) is 0 Å². The molecule has 0 aliphatic heterocycles. The maximum Gasteiger partial charge on any atom is 0.235 e. The van der Waals surface area contributed by atoms with E-state index in [-0.39, 0.29) is 11.7 Å². The van der Waals surface area contributed by atoms with Crippen molar-refractivity contribution in [3.05, 3.63) is 40.8 Å². The highest BCUT2D eigenvalue weighted by atomic mass is 32.2. The number of thioether (sulfide) groups is 1. The van der Waals surface area contributed by atoms with Crippen molar-refractivity contribution in [3.63, 3.8) is 0 Å². The number of hydrogen-bond donors (Lipinski definition) is 2. The van der Waals surface area contributed by atoms with E-state index in [0.717, 1.165) is 16.1 Å². The summed E-state index contributed by atoms with van der Waals surface area (Å²) >= 11 is 2.78. The Morgan fingerprint density at radius 3 is 3.05 bits per heavy atom. The van der Waals surface area contributed by atoms with E-state index in [2.05, 4.69) is 5.32 Å².